The molecule has 0 saturated carbocycles. The lowest BCUT2D eigenvalue weighted by Crippen LogP contribution is -2.21. The van der Waals surface area contributed by atoms with Crippen molar-refractivity contribution in [1.29, 1.82) is 0 Å². The lowest BCUT2D eigenvalue weighted by molar-refractivity contribution is 0.636. The third-order valence-electron chi connectivity index (χ3n) is 2.69. The Morgan fingerprint density at radius 2 is 2.40 bits per heavy atom. The molecule has 0 spiro atoms. The van der Waals surface area contributed by atoms with Gasteiger partial charge in [0.25, 0.3) is 0 Å². The summed E-state index contributed by atoms with van der Waals surface area (Å²) in [6.45, 7) is 4.34. The van der Waals surface area contributed by atoms with Crippen molar-refractivity contribution in [3.8, 4) is 0 Å². The molecule has 1 aliphatic heterocycles. The molecule has 0 radical (unpaired) electrons. The first-order valence-electron chi connectivity index (χ1n) is 5.68. The maximum Gasteiger partial charge on any atom is 0.202 e. The van der Waals surface area contributed by atoms with Crippen LogP contribution in [-0.4, -0.2) is 28.5 Å². The topological polar surface area (TPSA) is 49.8 Å². The van der Waals surface area contributed by atoms with E-state index in [-0.39, 0.29) is 0 Å². The molecule has 1 unspecified atom stereocenters. The van der Waals surface area contributed by atoms with Crippen molar-refractivity contribution in [2.45, 2.75) is 38.6 Å². The molecule has 0 amide bonds. The van der Waals surface area contributed by atoms with E-state index in [9.17, 15) is 0 Å². The van der Waals surface area contributed by atoms with Crippen LogP contribution in [0.5, 0.6) is 0 Å². The first-order valence-corrected chi connectivity index (χ1v) is 6.45. The van der Waals surface area contributed by atoms with Crippen LogP contribution < -0.4 is 10.6 Å². The summed E-state index contributed by atoms with van der Waals surface area (Å²) in [4.78, 5) is 4.43. The van der Waals surface area contributed by atoms with Crippen LogP contribution in [0.15, 0.2) is 0 Å². The van der Waals surface area contributed by atoms with Gasteiger partial charge in [-0.3, -0.25) is 0 Å². The second-order valence-corrected chi connectivity index (χ2v) is 4.64. The SMILES string of the molecule is CCc1nsc(NC2CCCNCC2)n1. The molecule has 1 atom stereocenters. The van der Waals surface area contributed by atoms with E-state index in [1.165, 1.54) is 30.8 Å². The quantitative estimate of drug-likeness (QED) is 0.823. The van der Waals surface area contributed by atoms with Gasteiger partial charge >= 0.3 is 0 Å². The Labute approximate surface area is 94.7 Å². The van der Waals surface area contributed by atoms with Crippen LogP contribution in [0, 0.1) is 0 Å². The summed E-state index contributed by atoms with van der Waals surface area (Å²) in [5.41, 5.74) is 0. The van der Waals surface area contributed by atoms with Crippen LogP contribution in [0.2, 0.25) is 0 Å². The van der Waals surface area contributed by atoms with Crippen LogP contribution >= 0.6 is 11.5 Å². The summed E-state index contributed by atoms with van der Waals surface area (Å²) in [5, 5.41) is 7.87. The number of nitrogens with one attached hydrogen (secondary N) is 2. The minimum atomic E-state index is 0.567. The summed E-state index contributed by atoms with van der Waals surface area (Å²) in [5.74, 6) is 0.953. The van der Waals surface area contributed by atoms with E-state index in [0.717, 1.165) is 30.5 Å². The molecule has 0 bridgehead atoms. The maximum absolute atomic E-state index is 4.43. The van der Waals surface area contributed by atoms with Gasteiger partial charge < -0.3 is 10.6 Å². The molecule has 5 heteroatoms. The van der Waals surface area contributed by atoms with E-state index in [4.69, 9.17) is 0 Å². The predicted molar refractivity (Wildman–Crippen MR) is 63.4 cm³/mol. The number of aryl methyl sites for hydroxylation is 1. The van der Waals surface area contributed by atoms with E-state index < -0.39 is 0 Å². The van der Waals surface area contributed by atoms with Gasteiger partial charge in [0.05, 0.1) is 0 Å². The van der Waals surface area contributed by atoms with Crippen LogP contribution in [0.25, 0.3) is 0 Å². The highest BCUT2D eigenvalue weighted by atomic mass is 32.1. The Kier molecular flexibility index (Phi) is 3.91. The molecule has 1 saturated heterocycles. The highest BCUT2D eigenvalue weighted by Crippen LogP contribution is 2.16. The van der Waals surface area contributed by atoms with E-state index >= 15 is 0 Å². The van der Waals surface area contributed by atoms with Gasteiger partial charge in [-0.2, -0.15) is 4.37 Å². The maximum atomic E-state index is 4.43. The Bertz CT molecular complexity index is 291. The molecule has 1 aliphatic rings. The molecule has 1 aromatic rings. The Morgan fingerprint density at radius 3 is 3.20 bits per heavy atom. The van der Waals surface area contributed by atoms with E-state index in [0.29, 0.717) is 6.04 Å². The first kappa shape index (κ1) is 10.8. The van der Waals surface area contributed by atoms with Gasteiger partial charge in [-0.25, -0.2) is 4.98 Å². The molecule has 4 nitrogen and oxygen atoms in total. The van der Waals surface area contributed by atoms with Crippen LogP contribution in [-0.2, 0) is 6.42 Å². The largest absolute Gasteiger partial charge is 0.358 e. The summed E-state index contributed by atoms with van der Waals surface area (Å²) in [6.07, 6.45) is 4.58. The van der Waals surface area contributed by atoms with Crippen molar-refractivity contribution < 1.29 is 0 Å². The molecule has 2 heterocycles. The minimum Gasteiger partial charge on any atom is -0.358 e. The standard InChI is InChI=1S/C10H18N4S/c1-2-9-13-10(15-14-9)12-8-4-3-6-11-7-5-8/h8,11H,2-7H2,1H3,(H,12,13,14). The zero-order valence-corrected chi connectivity index (χ0v) is 9.94. The third-order valence-corrected chi connectivity index (χ3v) is 3.37. The monoisotopic (exact) mass is 226 g/mol. The van der Waals surface area contributed by atoms with Gasteiger partial charge in [-0.1, -0.05) is 6.92 Å². The molecule has 1 aromatic heterocycles. The highest BCUT2D eigenvalue weighted by molar-refractivity contribution is 7.09. The first-order chi connectivity index (χ1) is 7.38. The zero-order chi connectivity index (χ0) is 10.5. The Balaban J connectivity index is 1.89. The zero-order valence-electron chi connectivity index (χ0n) is 9.12. The van der Waals surface area contributed by atoms with E-state index in [1.54, 1.807) is 0 Å². The lowest BCUT2D eigenvalue weighted by atomic mass is 10.1. The fraction of sp³-hybridized carbons (Fsp3) is 0.800. The van der Waals surface area contributed by atoms with Crippen molar-refractivity contribution in [1.82, 2.24) is 14.7 Å². The van der Waals surface area contributed by atoms with Crippen LogP contribution in [0.1, 0.15) is 32.0 Å². The molecule has 84 valence electrons. The Morgan fingerprint density at radius 1 is 1.47 bits per heavy atom. The molecular weight excluding hydrogens is 208 g/mol. The smallest absolute Gasteiger partial charge is 0.202 e. The molecule has 2 N–H and O–H groups in total. The van der Waals surface area contributed by atoms with Crippen LogP contribution in [0.4, 0.5) is 5.13 Å². The van der Waals surface area contributed by atoms with Gasteiger partial charge in [0, 0.05) is 24.0 Å². The lowest BCUT2D eigenvalue weighted by Gasteiger charge is -2.13. The Hall–Kier alpha value is -0.680. The molecule has 0 aliphatic carbocycles. The average Bonchev–Trinajstić information content (AvgIpc) is 2.54. The van der Waals surface area contributed by atoms with Gasteiger partial charge in [-0.05, 0) is 32.4 Å². The van der Waals surface area contributed by atoms with Crippen molar-refractivity contribution in [2.24, 2.45) is 0 Å². The van der Waals surface area contributed by atoms with Crippen molar-refractivity contribution >= 4 is 16.7 Å². The predicted octanol–water partition coefficient (Wildman–Crippen LogP) is 1.65. The normalized spacial score (nSPS) is 22.3. The van der Waals surface area contributed by atoms with E-state index in [2.05, 4.69) is 26.9 Å². The molecule has 1 fully saturated rings. The highest BCUT2D eigenvalue weighted by Gasteiger charge is 2.13. The number of nitrogens with zero attached hydrogens (tertiary/aromatic N) is 2. The fourth-order valence-corrected chi connectivity index (χ4v) is 2.52. The molecule has 0 aromatic carbocycles. The summed E-state index contributed by atoms with van der Waals surface area (Å²) < 4.78 is 4.28. The number of hydrogen-bond donors (Lipinski definition) is 2. The number of anilines is 1. The van der Waals surface area contributed by atoms with Gasteiger partial charge in [0.2, 0.25) is 5.13 Å². The summed E-state index contributed by atoms with van der Waals surface area (Å²) in [6, 6.07) is 0.567. The number of hydrogen-bond acceptors (Lipinski definition) is 5. The molecule has 15 heavy (non-hydrogen) atoms. The fourth-order valence-electron chi connectivity index (χ4n) is 1.79. The molecular formula is C10H18N4S. The second kappa shape index (κ2) is 5.42. The van der Waals surface area contributed by atoms with Gasteiger partial charge in [0.15, 0.2) is 0 Å². The molecule has 2 rings (SSSR count). The van der Waals surface area contributed by atoms with Crippen molar-refractivity contribution in [2.75, 3.05) is 18.4 Å². The van der Waals surface area contributed by atoms with Gasteiger partial charge in [0.1, 0.15) is 5.82 Å². The van der Waals surface area contributed by atoms with Crippen LogP contribution in [0.3, 0.4) is 0 Å². The van der Waals surface area contributed by atoms with Crippen molar-refractivity contribution in [3.05, 3.63) is 5.82 Å². The van der Waals surface area contributed by atoms with E-state index in [1.807, 2.05) is 0 Å². The van der Waals surface area contributed by atoms with Crippen molar-refractivity contribution in [3.63, 3.8) is 0 Å². The third kappa shape index (κ3) is 3.14. The average molecular weight is 226 g/mol. The van der Waals surface area contributed by atoms with Gasteiger partial charge in [-0.15, -0.1) is 0 Å². The number of aromatic nitrogens is 2. The summed E-state index contributed by atoms with van der Waals surface area (Å²) >= 11 is 1.48. The number of rotatable bonds is 3. The summed E-state index contributed by atoms with van der Waals surface area (Å²) in [7, 11) is 0. The second-order valence-electron chi connectivity index (χ2n) is 3.89. The minimum absolute atomic E-state index is 0.567.